The minimum absolute atomic E-state index is 0.0195. The van der Waals surface area contributed by atoms with E-state index in [4.69, 9.17) is 0 Å². The van der Waals surface area contributed by atoms with Crippen LogP contribution in [0.3, 0.4) is 0 Å². The van der Waals surface area contributed by atoms with Crippen molar-refractivity contribution in [2.45, 2.75) is 26.4 Å². The first-order valence-corrected chi connectivity index (χ1v) is 6.26. The van der Waals surface area contributed by atoms with E-state index in [9.17, 15) is 15.0 Å². The van der Waals surface area contributed by atoms with Gasteiger partial charge < -0.3 is 15.1 Å². The van der Waals surface area contributed by atoms with Gasteiger partial charge in [-0.15, -0.1) is 0 Å². The lowest BCUT2D eigenvalue weighted by atomic mass is 10.0. The Morgan fingerprint density at radius 2 is 2.22 bits per heavy atom. The van der Waals surface area contributed by atoms with Crippen LogP contribution < -0.4 is 0 Å². The van der Waals surface area contributed by atoms with Crippen molar-refractivity contribution in [3.8, 4) is 5.75 Å². The predicted octanol–water partition coefficient (Wildman–Crippen LogP) is 1.54. The van der Waals surface area contributed by atoms with Crippen molar-refractivity contribution in [2.75, 3.05) is 13.1 Å². The molecule has 1 aromatic rings. The lowest BCUT2D eigenvalue weighted by molar-refractivity contribution is 0.0759. The summed E-state index contributed by atoms with van der Waals surface area (Å²) in [5.74, 6) is 0.00588. The van der Waals surface area contributed by atoms with Gasteiger partial charge in [0.2, 0.25) is 0 Å². The summed E-state index contributed by atoms with van der Waals surface area (Å²) in [5, 5.41) is 19.3. The fourth-order valence-corrected chi connectivity index (χ4v) is 2.36. The van der Waals surface area contributed by atoms with Gasteiger partial charge in [-0.05, 0) is 32.4 Å². The Hall–Kier alpha value is -1.55. The van der Waals surface area contributed by atoms with Crippen LogP contribution in [0.1, 0.15) is 29.3 Å². The molecule has 1 amide bonds. The number of rotatable bonds is 2. The van der Waals surface area contributed by atoms with Gasteiger partial charge in [-0.3, -0.25) is 4.79 Å². The molecule has 0 aliphatic carbocycles. The van der Waals surface area contributed by atoms with Gasteiger partial charge in [0, 0.05) is 19.0 Å². The summed E-state index contributed by atoms with van der Waals surface area (Å²) in [4.78, 5) is 14.0. The fraction of sp³-hybridized carbons (Fsp3) is 0.500. The van der Waals surface area contributed by atoms with Crippen molar-refractivity contribution in [2.24, 2.45) is 5.92 Å². The van der Waals surface area contributed by atoms with Gasteiger partial charge in [-0.2, -0.15) is 0 Å². The van der Waals surface area contributed by atoms with Gasteiger partial charge in [-0.25, -0.2) is 0 Å². The SMILES string of the molecule is Cc1ccc(O)c(C(=O)N2CCC(C(C)O)C2)c1. The van der Waals surface area contributed by atoms with E-state index in [1.54, 1.807) is 30.0 Å². The summed E-state index contributed by atoms with van der Waals surface area (Å²) in [7, 11) is 0. The highest BCUT2D eigenvalue weighted by Crippen LogP contribution is 2.25. The normalized spacial score (nSPS) is 21.1. The van der Waals surface area contributed by atoms with Crippen LogP contribution in [-0.2, 0) is 0 Å². The number of phenols is 1. The number of aliphatic hydroxyl groups excluding tert-OH is 1. The molecule has 0 bridgehead atoms. The van der Waals surface area contributed by atoms with Gasteiger partial charge >= 0.3 is 0 Å². The largest absolute Gasteiger partial charge is 0.507 e. The molecule has 2 N–H and O–H groups in total. The Kier molecular flexibility index (Phi) is 3.57. The van der Waals surface area contributed by atoms with Crippen molar-refractivity contribution in [3.05, 3.63) is 29.3 Å². The number of hydrogen-bond donors (Lipinski definition) is 2. The molecule has 1 aliphatic rings. The van der Waals surface area contributed by atoms with Crippen LogP contribution in [0, 0.1) is 12.8 Å². The van der Waals surface area contributed by atoms with Crippen molar-refractivity contribution in [1.82, 2.24) is 4.90 Å². The van der Waals surface area contributed by atoms with E-state index >= 15 is 0 Å². The quantitative estimate of drug-likeness (QED) is 0.836. The van der Waals surface area contributed by atoms with Crippen LogP contribution in [-0.4, -0.2) is 40.2 Å². The first-order valence-electron chi connectivity index (χ1n) is 6.26. The average Bonchev–Trinajstić information content (AvgIpc) is 2.81. The lowest BCUT2D eigenvalue weighted by Gasteiger charge is -2.18. The summed E-state index contributed by atoms with van der Waals surface area (Å²) in [6.45, 7) is 4.84. The van der Waals surface area contributed by atoms with E-state index in [0.29, 0.717) is 18.7 Å². The van der Waals surface area contributed by atoms with Gasteiger partial charge in [0.1, 0.15) is 5.75 Å². The number of carbonyl (C=O) groups is 1. The van der Waals surface area contributed by atoms with Gasteiger partial charge in [0.25, 0.3) is 5.91 Å². The summed E-state index contributed by atoms with van der Waals surface area (Å²) in [5.41, 5.74) is 1.30. The number of phenolic OH excluding ortho intramolecular Hbond substituents is 1. The smallest absolute Gasteiger partial charge is 0.257 e. The zero-order chi connectivity index (χ0) is 13.3. The molecule has 0 aromatic heterocycles. The number of nitrogens with zero attached hydrogens (tertiary/aromatic N) is 1. The summed E-state index contributed by atoms with van der Waals surface area (Å²) >= 11 is 0. The highest BCUT2D eigenvalue weighted by Gasteiger charge is 2.30. The topological polar surface area (TPSA) is 60.8 Å². The van der Waals surface area contributed by atoms with Crippen molar-refractivity contribution < 1.29 is 15.0 Å². The third-order valence-electron chi connectivity index (χ3n) is 3.58. The van der Waals surface area contributed by atoms with Gasteiger partial charge in [0.15, 0.2) is 0 Å². The number of benzene rings is 1. The average molecular weight is 249 g/mol. The van der Waals surface area contributed by atoms with Gasteiger partial charge in [-0.1, -0.05) is 11.6 Å². The maximum Gasteiger partial charge on any atom is 0.257 e. The van der Waals surface area contributed by atoms with Crippen LogP contribution in [0.5, 0.6) is 5.75 Å². The second kappa shape index (κ2) is 4.98. The van der Waals surface area contributed by atoms with E-state index in [0.717, 1.165) is 12.0 Å². The summed E-state index contributed by atoms with van der Waals surface area (Å²) in [6, 6.07) is 5.02. The molecule has 4 heteroatoms. The van der Waals surface area contributed by atoms with Crippen molar-refractivity contribution in [1.29, 1.82) is 0 Å². The van der Waals surface area contributed by atoms with E-state index < -0.39 is 6.10 Å². The molecule has 1 fully saturated rings. The highest BCUT2D eigenvalue weighted by atomic mass is 16.3. The number of aryl methyl sites for hydroxylation is 1. The number of likely N-dealkylation sites (tertiary alicyclic amines) is 1. The Bertz CT molecular complexity index is 456. The van der Waals surface area contributed by atoms with E-state index in [2.05, 4.69) is 0 Å². The third-order valence-corrected chi connectivity index (χ3v) is 3.58. The molecule has 18 heavy (non-hydrogen) atoms. The van der Waals surface area contributed by atoms with Crippen molar-refractivity contribution in [3.63, 3.8) is 0 Å². The van der Waals surface area contributed by atoms with E-state index in [1.165, 1.54) is 0 Å². The molecule has 0 radical (unpaired) electrons. The monoisotopic (exact) mass is 249 g/mol. The highest BCUT2D eigenvalue weighted by molar-refractivity contribution is 5.97. The van der Waals surface area contributed by atoms with Crippen LogP contribution in [0.25, 0.3) is 0 Å². The lowest BCUT2D eigenvalue weighted by Crippen LogP contribution is -2.30. The fourth-order valence-electron chi connectivity index (χ4n) is 2.36. The third kappa shape index (κ3) is 2.48. The van der Waals surface area contributed by atoms with Gasteiger partial charge in [0.05, 0.1) is 11.7 Å². The molecule has 4 nitrogen and oxygen atoms in total. The number of aromatic hydroxyl groups is 1. The molecule has 0 spiro atoms. The molecule has 98 valence electrons. The Morgan fingerprint density at radius 1 is 1.50 bits per heavy atom. The van der Waals surface area contributed by atoms with Crippen LogP contribution in [0.4, 0.5) is 0 Å². The number of carbonyl (C=O) groups excluding carboxylic acids is 1. The molecular weight excluding hydrogens is 230 g/mol. The molecule has 1 saturated heterocycles. The molecule has 1 aliphatic heterocycles. The number of aliphatic hydroxyl groups is 1. The maximum absolute atomic E-state index is 12.3. The second-order valence-electron chi connectivity index (χ2n) is 5.06. The molecular formula is C14H19NO3. The zero-order valence-electron chi connectivity index (χ0n) is 10.8. The number of hydrogen-bond acceptors (Lipinski definition) is 3. The molecule has 0 saturated carbocycles. The molecule has 2 atom stereocenters. The minimum Gasteiger partial charge on any atom is -0.507 e. The summed E-state index contributed by atoms with van der Waals surface area (Å²) in [6.07, 6.45) is 0.421. The Labute approximate surface area is 107 Å². The van der Waals surface area contributed by atoms with Crippen LogP contribution >= 0.6 is 0 Å². The first kappa shape index (κ1) is 12.9. The predicted molar refractivity (Wildman–Crippen MR) is 68.5 cm³/mol. The molecule has 1 aromatic carbocycles. The van der Waals surface area contributed by atoms with Crippen LogP contribution in [0.15, 0.2) is 18.2 Å². The molecule has 2 rings (SSSR count). The van der Waals surface area contributed by atoms with E-state index in [-0.39, 0.29) is 17.6 Å². The molecule has 2 unspecified atom stereocenters. The van der Waals surface area contributed by atoms with E-state index in [1.807, 2.05) is 6.92 Å². The maximum atomic E-state index is 12.3. The van der Waals surface area contributed by atoms with Crippen LogP contribution in [0.2, 0.25) is 0 Å². The minimum atomic E-state index is -0.395. The molecule has 1 heterocycles. The standard InChI is InChI=1S/C14H19NO3/c1-9-3-4-13(17)12(7-9)14(18)15-6-5-11(8-15)10(2)16/h3-4,7,10-11,16-17H,5-6,8H2,1-2H3. The van der Waals surface area contributed by atoms with Crippen molar-refractivity contribution >= 4 is 5.91 Å². The Morgan fingerprint density at radius 3 is 2.83 bits per heavy atom. The first-order chi connectivity index (χ1) is 8.49. The second-order valence-corrected chi connectivity index (χ2v) is 5.06. The number of amides is 1. The Balaban J connectivity index is 2.15. The zero-order valence-corrected chi connectivity index (χ0v) is 10.8. The summed E-state index contributed by atoms with van der Waals surface area (Å²) < 4.78 is 0.